The average molecular weight is 430 g/mol. The van der Waals surface area contributed by atoms with E-state index >= 15 is 0 Å². The molecule has 3 aliphatic rings. The van der Waals surface area contributed by atoms with Crippen molar-refractivity contribution >= 4 is 38.1 Å². The summed E-state index contributed by atoms with van der Waals surface area (Å²) < 4.78 is 27.9. The number of nitrogens with zero attached hydrogens (tertiary/aromatic N) is 2. The van der Waals surface area contributed by atoms with Crippen molar-refractivity contribution in [2.75, 3.05) is 26.2 Å². The first kappa shape index (κ1) is 19.3. The van der Waals surface area contributed by atoms with Crippen LogP contribution in [0.3, 0.4) is 0 Å². The van der Waals surface area contributed by atoms with Crippen LogP contribution in [-0.2, 0) is 10.0 Å². The van der Waals surface area contributed by atoms with Gasteiger partial charge in [-0.05, 0) is 66.2 Å². The van der Waals surface area contributed by atoms with E-state index in [0.717, 1.165) is 27.7 Å². The molecule has 5 nitrogen and oxygen atoms in total. The number of benzene rings is 2. The topological polar surface area (TPSA) is 52.7 Å². The molecule has 3 atom stereocenters. The normalized spacial score (nSPS) is 27.4. The van der Waals surface area contributed by atoms with Gasteiger partial charge in [0.25, 0.3) is 0 Å². The number of piperazine rings is 1. The minimum Gasteiger partial charge on any atom is -0.360 e. The van der Waals surface area contributed by atoms with Gasteiger partial charge in [0.15, 0.2) is 5.11 Å². The van der Waals surface area contributed by atoms with E-state index in [1.807, 2.05) is 30.3 Å². The lowest BCUT2D eigenvalue weighted by molar-refractivity contribution is 0.258. The zero-order valence-corrected chi connectivity index (χ0v) is 18.1. The summed E-state index contributed by atoms with van der Waals surface area (Å²) in [6.45, 7) is 2.21. The molecule has 2 aromatic carbocycles. The van der Waals surface area contributed by atoms with E-state index in [1.165, 1.54) is 25.7 Å². The van der Waals surface area contributed by atoms with Gasteiger partial charge < -0.3 is 10.2 Å². The van der Waals surface area contributed by atoms with Gasteiger partial charge >= 0.3 is 0 Å². The van der Waals surface area contributed by atoms with Gasteiger partial charge in [-0.3, -0.25) is 0 Å². The van der Waals surface area contributed by atoms with E-state index < -0.39 is 10.0 Å². The van der Waals surface area contributed by atoms with Crippen molar-refractivity contribution in [2.24, 2.45) is 11.8 Å². The van der Waals surface area contributed by atoms with Crippen molar-refractivity contribution in [3.05, 3.63) is 42.5 Å². The lowest BCUT2D eigenvalue weighted by atomic mass is 9.95. The molecule has 2 saturated carbocycles. The third kappa shape index (κ3) is 3.64. The smallest absolute Gasteiger partial charge is 0.243 e. The second-order valence-corrected chi connectivity index (χ2v) is 11.0. The second kappa shape index (κ2) is 7.52. The van der Waals surface area contributed by atoms with Crippen molar-refractivity contribution < 1.29 is 8.42 Å². The molecule has 0 aromatic heterocycles. The summed E-state index contributed by atoms with van der Waals surface area (Å²) in [5.41, 5.74) is 0. The van der Waals surface area contributed by atoms with Gasteiger partial charge in [-0.1, -0.05) is 36.8 Å². The Hall–Kier alpha value is -1.70. The summed E-state index contributed by atoms with van der Waals surface area (Å²) in [6, 6.07) is 13.7. The molecule has 2 aliphatic carbocycles. The summed E-state index contributed by atoms with van der Waals surface area (Å²) in [7, 11) is -3.49. The molecule has 1 N–H and O–H groups in total. The Morgan fingerprint density at radius 3 is 2.41 bits per heavy atom. The molecule has 2 bridgehead atoms. The summed E-state index contributed by atoms with van der Waals surface area (Å²) in [6.07, 6.45) is 5.28. The summed E-state index contributed by atoms with van der Waals surface area (Å²) in [4.78, 5) is 2.50. The first-order valence-electron chi connectivity index (χ1n) is 10.5. The van der Waals surface area contributed by atoms with Crippen LogP contribution in [0.5, 0.6) is 0 Å². The predicted octanol–water partition coefficient (Wildman–Crippen LogP) is 3.21. The fourth-order valence-corrected chi connectivity index (χ4v) is 7.07. The second-order valence-electron chi connectivity index (χ2n) is 8.63. The number of fused-ring (bicyclic) bond motifs is 3. The van der Waals surface area contributed by atoms with E-state index in [1.54, 1.807) is 16.4 Å². The number of thiocarbonyl (C=S) groups is 1. The Morgan fingerprint density at radius 2 is 1.72 bits per heavy atom. The fourth-order valence-electron chi connectivity index (χ4n) is 5.28. The summed E-state index contributed by atoms with van der Waals surface area (Å²) in [5, 5.41) is 6.37. The van der Waals surface area contributed by atoms with Gasteiger partial charge in [0.2, 0.25) is 10.0 Å². The van der Waals surface area contributed by atoms with Gasteiger partial charge in [0.05, 0.1) is 4.90 Å². The Labute approximate surface area is 178 Å². The van der Waals surface area contributed by atoms with E-state index in [2.05, 4.69) is 10.2 Å². The molecular weight excluding hydrogens is 402 g/mol. The van der Waals surface area contributed by atoms with Crippen LogP contribution < -0.4 is 5.32 Å². The van der Waals surface area contributed by atoms with Gasteiger partial charge in [-0.15, -0.1) is 0 Å². The van der Waals surface area contributed by atoms with E-state index in [0.29, 0.717) is 37.1 Å². The van der Waals surface area contributed by atoms with Crippen LogP contribution in [0.4, 0.5) is 0 Å². The van der Waals surface area contributed by atoms with E-state index in [4.69, 9.17) is 12.2 Å². The Morgan fingerprint density at radius 1 is 0.966 bits per heavy atom. The van der Waals surface area contributed by atoms with Crippen LogP contribution in [-0.4, -0.2) is 55.0 Å². The maximum Gasteiger partial charge on any atom is 0.243 e. The maximum absolute atomic E-state index is 13.1. The van der Waals surface area contributed by atoms with Crippen molar-refractivity contribution in [2.45, 2.75) is 36.6 Å². The van der Waals surface area contributed by atoms with Crippen LogP contribution in [0.1, 0.15) is 25.7 Å². The SMILES string of the molecule is O=S(=O)(c1ccc2ccccc2c1)N1CCN(C(=S)NC2CC3CCC2C3)CC1. The number of hydrogen-bond donors (Lipinski definition) is 1. The average Bonchev–Trinajstić information content (AvgIpc) is 3.36. The van der Waals surface area contributed by atoms with E-state index in [-0.39, 0.29) is 0 Å². The molecule has 3 fully saturated rings. The molecule has 29 heavy (non-hydrogen) atoms. The van der Waals surface area contributed by atoms with Crippen molar-refractivity contribution in [1.82, 2.24) is 14.5 Å². The first-order chi connectivity index (χ1) is 14.0. The standard InChI is InChI=1S/C22H27N3O2S2/c26-29(27,20-8-7-17-3-1-2-4-18(17)15-20)25-11-9-24(10-12-25)22(28)23-21-14-16-5-6-19(21)13-16/h1-4,7-8,15-16,19,21H,5-6,9-14H2,(H,23,28). The van der Waals surface area contributed by atoms with Gasteiger partial charge in [0, 0.05) is 32.2 Å². The molecular formula is C22H27N3O2S2. The molecule has 0 radical (unpaired) electrons. The van der Waals surface area contributed by atoms with Crippen LogP contribution in [0.25, 0.3) is 10.8 Å². The van der Waals surface area contributed by atoms with Gasteiger partial charge in [-0.25, -0.2) is 8.42 Å². The van der Waals surface area contributed by atoms with Gasteiger partial charge in [-0.2, -0.15) is 4.31 Å². The quantitative estimate of drug-likeness (QED) is 0.760. The van der Waals surface area contributed by atoms with Gasteiger partial charge in [0.1, 0.15) is 0 Å². The molecule has 0 amide bonds. The highest BCUT2D eigenvalue weighted by atomic mass is 32.2. The molecule has 7 heteroatoms. The zero-order chi connectivity index (χ0) is 20.0. The Balaban J connectivity index is 1.22. The molecule has 1 heterocycles. The van der Waals surface area contributed by atoms with Crippen LogP contribution in [0.2, 0.25) is 0 Å². The monoisotopic (exact) mass is 429 g/mol. The zero-order valence-electron chi connectivity index (χ0n) is 16.5. The summed E-state index contributed by atoms with van der Waals surface area (Å²) >= 11 is 5.65. The van der Waals surface area contributed by atoms with Crippen LogP contribution in [0, 0.1) is 11.8 Å². The van der Waals surface area contributed by atoms with Crippen LogP contribution >= 0.6 is 12.2 Å². The molecule has 1 aliphatic heterocycles. The van der Waals surface area contributed by atoms with Crippen molar-refractivity contribution in [3.8, 4) is 0 Å². The fraction of sp³-hybridized carbons (Fsp3) is 0.500. The molecule has 5 rings (SSSR count). The summed E-state index contributed by atoms with van der Waals surface area (Å²) in [5.74, 6) is 1.65. The maximum atomic E-state index is 13.1. The number of hydrogen-bond acceptors (Lipinski definition) is 3. The lowest BCUT2D eigenvalue weighted by Gasteiger charge is -2.37. The third-order valence-corrected chi connectivity index (χ3v) is 9.20. The Bertz CT molecular complexity index is 1030. The predicted molar refractivity (Wildman–Crippen MR) is 119 cm³/mol. The lowest BCUT2D eigenvalue weighted by Crippen LogP contribution is -2.54. The number of sulfonamides is 1. The molecule has 3 unspecified atom stereocenters. The largest absolute Gasteiger partial charge is 0.360 e. The first-order valence-corrected chi connectivity index (χ1v) is 12.4. The number of rotatable bonds is 3. The number of nitrogens with one attached hydrogen (secondary N) is 1. The molecule has 154 valence electrons. The van der Waals surface area contributed by atoms with E-state index in [9.17, 15) is 8.42 Å². The van der Waals surface area contributed by atoms with Crippen molar-refractivity contribution in [3.63, 3.8) is 0 Å². The molecule has 1 saturated heterocycles. The minimum atomic E-state index is -3.49. The minimum absolute atomic E-state index is 0.368. The molecule has 0 spiro atoms. The van der Waals surface area contributed by atoms with Crippen LogP contribution in [0.15, 0.2) is 47.4 Å². The highest BCUT2D eigenvalue weighted by molar-refractivity contribution is 7.89. The van der Waals surface area contributed by atoms with Crippen molar-refractivity contribution in [1.29, 1.82) is 0 Å². The third-order valence-electron chi connectivity index (χ3n) is 6.93. The highest BCUT2D eigenvalue weighted by Gasteiger charge is 2.40. The molecule has 2 aromatic rings. The highest BCUT2D eigenvalue weighted by Crippen LogP contribution is 2.44. The Kier molecular flexibility index (Phi) is 5.00.